The molecule has 2 N–H and O–H groups in total. The van der Waals surface area contributed by atoms with Crippen LogP contribution in [0.2, 0.25) is 5.02 Å². The number of rotatable bonds is 1. The lowest BCUT2D eigenvalue weighted by Gasteiger charge is -2.45. The summed E-state index contributed by atoms with van der Waals surface area (Å²) < 4.78 is 1.69. The van der Waals surface area contributed by atoms with E-state index in [1.165, 1.54) is 38.2 Å². The Morgan fingerprint density at radius 1 is 1.00 bits per heavy atom. The van der Waals surface area contributed by atoms with Crippen molar-refractivity contribution >= 4 is 23.2 Å². The topological polar surface area (TPSA) is 68.3 Å². The first kappa shape index (κ1) is 17.6. The molecule has 27 heavy (non-hydrogen) atoms. The molecule has 1 aromatic rings. The monoisotopic (exact) mass is 389 g/mol. The number of amides is 1. The smallest absolute Gasteiger partial charge is 0.276 e. The molecule has 3 aliphatic carbocycles. The normalized spacial score (nSPS) is 28.4. The van der Waals surface area contributed by atoms with Crippen LogP contribution in [0.15, 0.2) is 10.9 Å². The fraction of sp³-hybridized carbons (Fsp3) is 0.714. The third-order valence-corrected chi connectivity index (χ3v) is 8.12. The van der Waals surface area contributed by atoms with Gasteiger partial charge in [-0.25, -0.2) is 0 Å². The van der Waals surface area contributed by atoms with E-state index in [1.54, 1.807) is 4.57 Å². The molecule has 1 amide bonds. The lowest BCUT2D eigenvalue weighted by Crippen LogP contribution is -2.54. The average Bonchev–Trinajstić information content (AvgIpc) is 3.33. The standard InChI is InChI=1S/C21H28ClN3O2/c22-15-12-16(23)18(26)25-17(15)19(27)24(21(25)9-2-1-3-10-21)14-6-11-20(13-14)7-4-5-8-20/h12,14H,1-11,13,23H2. The Kier molecular flexibility index (Phi) is 3.91. The number of fused-ring (bicyclic) bond motifs is 2. The molecule has 6 heteroatoms. The number of nitrogen functional groups attached to an aromatic ring is 1. The van der Waals surface area contributed by atoms with Crippen molar-refractivity contribution in [3.05, 3.63) is 27.1 Å². The Balaban J connectivity index is 1.63. The largest absolute Gasteiger partial charge is 0.394 e. The first-order chi connectivity index (χ1) is 13.0. The minimum atomic E-state index is -0.560. The molecule has 1 aromatic heterocycles. The molecule has 0 radical (unpaired) electrons. The van der Waals surface area contributed by atoms with Gasteiger partial charge < -0.3 is 10.6 Å². The molecule has 2 spiro atoms. The van der Waals surface area contributed by atoms with Crippen molar-refractivity contribution in [1.29, 1.82) is 0 Å². The van der Waals surface area contributed by atoms with Crippen molar-refractivity contribution in [2.45, 2.75) is 88.8 Å². The Labute approximate surface area is 164 Å². The molecule has 146 valence electrons. The van der Waals surface area contributed by atoms with Crippen molar-refractivity contribution in [2.75, 3.05) is 5.73 Å². The van der Waals surface area contributed by atoms with Gasteiger partial charge in [0.2, 0.25) is 0 Å². The van der Waals surface area contributed by atoms with E-state index < -0.39 is 5.66 Å². The summed E-state index contributed by atoms with van der Waals surface area (Å²) in [5, 5.41) is 0.318. The maximum atomic E-state index is 13.6. The number of carbonyl (C=O) groups is 1. The molecular formula is C21H28ClN3O2. The fourth-order valence-corrected chi connectivity index (χ4v) is 6.96. The second-order valence-corrected chi connectivity index (χ2v) is 9.67. The average molecular weight is 390 g/mol. The van der Waals surface area contributed by atoms with Gasteiger partial charge in [-0.1, -0.05) is 30.9 Å². The molecule has 1 atom stereocenters. The summed E-state index contributed by atoms with van der Waals surface area (Å²) in [5.41, 5.74) is 6.09. The quantitative estimate of drug-likeness (QED) is 0.779. The summed E-state index contributed by atoms with van der Waals surface area (Å²) in [6.45, 7) is 0. The predicted molar refractivity (Wildman–Crippen MR) is 106 cm³/mol. The van der Waals surface area contributed by atoms with Crippen molar-refractivity contribution in [3.8, 4) is 0 Å². The Morgan fingerprint density at radius 2 is 1.67 bits per heavy atom. The van der Waals surface area contributed by atoms with E-state index in [-0.39, 0.29) is 23.2 Å². The van der Waals surface area contributed by atoms with Crippen LogP contribution in [0.25, 0.3) is 0 Å². The van der Waals surface area contributed by atoms with Gasteiger partial charge in [0, 0.05) is 6.04 Å². The van der Waals surface area contributed by atoms with Gasteiger partial charge in [-0.05, 0) is 69.3 Å². The maximum absolute atomic E-state index is 13.6. The van der Waals surface area contributed by atoms with Gasteiger partial charge >= 0.3 is 0 Å². The number of hydrogen-bond donors (Lipinski definition) is 1. The van der Waals surface area contributed by atoms with Crippen LogP contribution in [0, 0.1) is 5.41 Å². The van der Waals surface area contributed by atoms with Gasteiger partial charge in [0.15, 0.2) is 0 Å². The molecule has 3 saturated carbocycles. The molecule has 5 rings (SSSR count). The van der Waals surface area contributed by atoms with Crippen molar-refractivity contribution < 1.29 is 4.79 Å². The summed E-state index contributed by atoms with van der Waals surface area (Å²) in [6, 6.07) is 1.67. The highest BCUT2D eigenvalue weighted by atomic mass is 35.5. The van der Waals surface area contributed by atoms with E-state index in [0.29, 0.717) is 16.1 Å². The van der Waals surface area contributed by atoms with Gasteiger partial charge in [-0.15, -0.1) is 0 Å². The van der Waals surface area contributed by atoms with Gasteiger partial charge in [0.1, 0.15) is 11.4 Å². The summed E-state index contributed by atoms with van der Waals surface area (Å²) in [4.78, 5) is 28.7. The summed E-state index contributed by atoms with van der Waals surface area (Å²) in [5.74, 6) is -0.0564. The van der Waals surface area contributed by atoms with Crippen molar-refractivity contribution in [2.24, 2.45) is 5.41 Å². The third-order valence-electron chi connectivity index (χ3n) is 7.83. The van der Waals surface area contributed by atoms with E-state index in [9.17, 15) is 9.59 Å². The molecule has 1 aliphatic heterocycles. The number of hydrogen-bond acceptors (Lipinski definition) is 3. The van der Waals surface area contributed by atoms with Gasteiger partial charge in [0.05, 0.1) is 10.7 Å². The molecule has 1 unspecified atom stereocenters. The summed E-state index contributed by atoms with van der Waals surface area (Å²) in [6.07, 6.45) is 13.4. The van der Waals surface area contributed by atoms with E-state index in [4.69, 9.17) is 17.3 Å². The minimum Gasteiger partial charge on any atom is -0.394 e. The highest BCUT2D eigenvalue weighted by molar-refractivity contribution is 6.34. The van der Waals surface area contributed by atoms with Crippen LogP contribution in [0.4, 0.5) is 5.69 Å². The van der Waals surface area contributed by atoms with Gasteiger partial charge in [-0.3, -0.25) is 14.2 Å². The van der Waals surface area contributed by atoms with E-state index in [0.717, 1.165) is 44.9 Å². The van der Waals surface area contributed by atoms with Crippen LogP contribution >= 0.6 is 11.6 Å². The predicted octanol–water partition coefficient (Wildman–Crippen LogP) is 4.27. The second kappa shape index (κ2) is 6.00. The van der Waals surface area contributed by atoms with Crippen molar-refractivity contribution in [3.63, 3.8) is 0 Å². The number of pyridine rings is 1. The minimum absolute atomic E-state index is 0.0564. The second-order valence-electron chi connectivity index (χ2n) is 9.26. The fourth-order valence-electron chi connectivity index (χ4n) is 6.67. The number of anilines is 1. The van der Waals surface area contributed by atoms with Crippen molar-refractivity contribution in [1.82, 2.24) is 9.47 Å². The summed E-state index contributed by atoms with van der Waals surface area (Å²) in [7, 11) is 0. The third kappa shape index (κ3) is 2.36. The molecule has 2 heterocycles. The Hall–Kier alpha value is -1.49. The van der Waals surface area contributed by atoms with Gasteiger partial charge in [0.25, 0.3) is 11.5 Å². The Bertz CT molecular complexity index is 850. The van der Waals surface area contributed by atoms with Crippen LogP contribution in [0.3, 0.4) is 0 Å². The zero-order chi connectivity index (χ0) is 18.8. The first-order valence-corrected chi connectivity index (χ1v) is 10.9. The van der Waals surface area contributed by atoms with E-state index in [2.05, 4.69) is 4.90 Å². The molecule has 5 nitrogen and oxygen atoms in total. The molecular weight excluding hydrogens is 362 g/mol. The van der Waals surface area contributed by atoms with Crippen LogP contribution in [0.5, 0.6) is 0 Å². The first-order valence-electron chi connectivity index (χ1n) is 10.5. The van der Waals surface area contributed by atoms with Crippen LogP contribution in [0.1, 0.15) is 87.5 Å². The van der Waals surface area contributed by atoms with E-state index >= 15 is 0 Å². The molecule has 0 saturated heterocycles. The highest BCUT2D eigenvalue weighted by Crippen LogP contribution is 2.55. The number of carbonyl (C=O) groups excluding carboxylic acids is 1. The maximum Gasteiger partial charge on any atom is 0.276 e. The van der Waals surface area contributed by atoms with Crippen LogP contribution in [-0.4, -0.2) is 21.4 Å². The molecule has 0 aromatic carbocycles. The van der Waals surface area contributed by atoms with Crippen LogP contribution in [-0.2, 0) is 5.66 Å². The summed E-state index contributed by atoms with van der Waals surface area (Å²) >= 11 is 6.45. The number of nitrogens with two attached hydrogens (primary N) is 1. The Morgan fingerprint density at radius 3 is 2.37 bits per heavy atom. The molecule has 4 aliphatic rings. The highest BCUT2D eigenvalue weighted by Gasteiger charge is 2.56. The van der Waals surface area contributed by atoms with Gasteiger partial charge in [-0.2, -0.15) is 0 Å². The molecule has 0 bridgehead atoms. The zero-order valence-electron chi connectivity index (χ0n) is 15.8. The number of nitrogens with zero attached hydrogens (tertiary/aromatic N) is 2. The molecule has 3 fully saturated rings. The lowest BCUT2D eigenvalue weighted by atomic mass is 9.83. The number of aromatic nitrogens is 1. The van der Waals surface area contributed by atoms with E-state index in [1.807, 2.05) is 0 Å². The SMILES string of the molecule is Nc1cc(Cl)c2n(c1=O)C1(CCCCC1)N(C1CCC3(CCCC3)C1)C2=O. The zero-order valence-corrected chi connectivity index (χ0v) is 16.6. The lowest BCUT2D eigenvalue weighted by molar-refractivity contribution is -0.0116. The number of halogens is 1. The van der Waals surface area contributed by atoms with Crippen LogP contribution < -0.4 is 11.3 Å².